The Bertz CT molecular complexity index is 525. The highest BCUT2D eigenvalue weighted by Crippen LogP contribution is 2.19. The van der Waals surface area contributed by atoms with Crippen LogP contribution in [-0.2, 0) is 13.5 Å². The predicted octanol–water partition coefficient (Wildman–Crippen LogP) is 1.97. The van der Waals surface area contributed by atoms with Gasteiger partial charge in [0.15, 0.2) is 11.6 Å². The van der Waals surface area contributed by atoms with Crippen LogP contribution in [0.3, 0.4) is 0 Å². The van der Waals surface area contributed by atoms with Crippen molar-refractivity contribution >= 4 is 0 Å². The molecule has 0 saturated carbocycles. The Kier molecular flexibility index (Phi) is 3.19. The smallest absolute Gasteiger partial charge is 0.159 e. The molecule has 1 heterocycles. The van der Waals surface area contributed by atoms with Crippen LogP contribution < -0.4 is 0 Å². The van der Waals surface area contributed by atoms with E-state index in [4.69, 9.17) is 0 Å². The molecule has 1 unspecified atom stereocenters. The van der Waals surface area contributed by atoms with Crippen LogP contribution >= 0.6 is 0 Å². The van der Waals surface area contributed by atoms with E-state index in [9.17, 15) is 13.9 Å². The van der Waals surface area contributed by atoms with Crippen LogP contribution in [0.15, 0.2) is 30.6 Å². The molecule has 0 bridgehead atoms. The Morgan fingerprint density at radius 1 is 1.35 bits per heavy atom. The summed E-state index contributed by atoms with van der Waals surface area (Å²) in [4.78, 5) is 0. The van der Waals surface area contributed by atoms with Gasteiger partial charge in [0.1, 0.15) is 0 Å². The van der Waals surface area contributed by atoms with Crippen molar-refractivity contribution in [3.63, 3.8) is 0 Å². The molecule has 0 saturated heterocycles. The number of benzene rings is 1. The van der Waals surface area contributed by atoms with Crippen molar-refractivity contribution < 1.29 is 13.9 Å². The van der Waals surface area contributed by atoms with Gasteiger partial charge in [-0.05, 0) is 23.3 Å². The first kappa shape index (κ1) is 11.7. The summed E-state index contributed by atoms with van der Waals surface area (Å²) < 4.78 is 27.3. The van der Waals surface area contributed by atoms with Gasteiger partial charge in [-0.2, -0.15) is 5.10 Å². The molecule has 0 aliphatic carbocycles. The van der Waals surface area contributed by atoms with Crippen molar-refractivity contribution in [1.82, 2.24) is 9.78 Å². The van der Waals surface area contributed by atoms with E-state index in [0.29, 0.717) is 12.0 Å². The summed E-state index contributed by atoms with van der Waals surface area (Å²) in [6.07, 6.45) is 2.85. The first-order valence-corrected chi connectivity index (χ1v) is 5.17. The molecule has 5 heteroatoms. The van der Waals surface area contributed by atoms with E-state index >= 15 is 0 Å². The van der Waals surface area contributed by atoms with Gasteiger partial charge in [-0.1, -0.05) is 6.07 Å². The first-order valence-electron chi connectivity index (χ1n) is 5.17. The quantitative estimate of drug-likeness (QED) is 0.887. The fourth-order valence-corrected chi connectivity index (χ4v) is 1.64. The number of aromatic nitrogens is 2. The van der Waals surface area contributed by atoms with Gasteiger partial charge >= 0.3 is 0 Å². The summed E-state index contributed by atoms with van der Waals surface area (Å²) in [5.41, 5.74) is 1.19. The maximum absolute atomic E-state index is 13.0. The highest BCUT2D eigenvalue weighted by Gasteiger charge is 2.12. The van der Waals surface area contributed by atoms with Gasteiger partial charge in [-0.15, -0.1) is 0 Å². The second-order valence-electron chi connectivity index (χ2n) is 3.92. The minimum atomic E-state index is -0.951. The summed E-state index contributed by atoms with van der Waals surface area (Å²) >= 11 is 0. The third-order valence-corrected chi connectivity index (χ3v) is 2.52. The van der Waals surface area contributed by atoms with Gasteiger partial charge < -0.3 is 5.11 Å². The molecule has 0 aliphatic heterocycles. The van der Waals surface area contributed by atoms with Crippen LogP contribution in [0.25, 0.3) is 0 Å². The standard InChI is InChI=1S/C12H12F2N2O/c1-16-7-8(6-15-16)4-12(17)9-2-3-10(13)11(14)5-9/h2-3,5-7,12,17H,4H2,1H3. The van der Waals surface area contributed by atoms with Crippen LogP contribution in [0.4, 0.5) is 8.78 Å². The number of halogens is 2. The second kappa shape index (κ2) is 4.63. The van der Waals surface area contributed by atoms with Crippen molar-refractivity contribution in [2.45, 2.75) is 12.5 Å². The monoisotopic (exact) mass is 238 g/mol. The van der Waals surface area contributed by atoms with E-state index in [1.165, 1.54) is 6.07 Å². The van der Waals surface area contributed by atoms with Gasteiger partial charge in [0, 0.05) is 19.7 Å². The molecular weight excluding hydrogens is 226 g/mol. The maximum Gasteiger partial charge on any atom is 0.159 e. The largest absolute Gasteiger partial charge is 0.388 e. The second-order valence-corrected chi connectivity index (χ2v) is 3.92. The lowest BCUT2D eigenvalue weighted by atomic mass is 10.0. The molecule has 1 N–H and O–H groups in total. The summed E-state index contributed by atoms with van der Waals surface area (Å²) in [7, 11) is 1.77. The van der Waals surface area contributed by atoms with Crippen LogP contribution in [0, 0.1) is 11.6 Å². The van der Waals surface area contributed by atoms with Gasteiger partial charge in [0.2, 0.25) is 0 Å². The number of hydrogen-bond acceptors (Lipinski definition) is 2. The minimum Gasteiger partial charge on any atom is -0.388 e. The molecular formula is C12H12F2N2O. The van der Waals surface area contributed by atoms with Gasteiger partial charge in [-0.25, -0.2) is 8.78 Å². The van der Waals surface area contributed by atoms with Crippen molar-refractivity contribution in [3.8, 4) is 0 Å². The zero-order chi connectivity index (χ0) is 12.4. The zero-order valence-electron chi connectivity index (χ0n) is 9.27. The average molecular weight is 238 g/mol. The molecule has 1 aromatic heterocycles. The Labute approximate surface area is 97.3 Å². The number of nitrogens with zero attached hydrogens (tertiary/aromatic N) is 2. The van der Waals surface area contributed by atoms with Crippen molar-refractivity contribution in [2.24, 2.45) is 7.05 Å². The highest BCUT2D eigenvalue weighted by atomic mass is 19.2. The molecule has 0 spiro atoms. The van der Waals surface area contributed by atoms with E-state index in [0.717, 1.165) is 17.7 Å². The molecule has 0 aliphatic rings. The molecule has 2 aromatic rings. The van der Waals surface area contributed by atoms with E-state index in [1.807, 2.05) is 0 Å². The molecule has 0 fully saturated rings. The molecule has 1 aromatic carbocycles. The van der Waals surface area contributed by atoms with E-state index < -0.39 is 17.7 Å². The third-order valence-electron chi connectivity index (χ3n) is 2.52. The number of aliphatic hydroxyl groups is 1. The fourth-order valence-electron chi connectivity index (χ4n) is 1.64. The number of aryl methyl sites for hydroxylation is 1. The van der Waals surface area contributed by atoms with Crippen LogP contribution in [0.5, 0.6) is 0 Å². The van der Waals surface area contributed by atoms with E-state index in [2.05, 4.69) is 5.10 Å². The topological polar surface area (TPSA) is 38.0 Å². The number of rotatable bonds is 3. The summed E-state index contributed by atoms with van der Waals surface area (Å²) in [5.74, 6) is -1.87. The molecule has 90 valence electrons. The molecule has 0 amide bonds. The van der Waals surface area contributed by atoms with E-state index in [1.54, 1.807) is 24.1 Å². The molecule has 2 rings (SSSR count). The highest BCUT2D eigenvalue weighted by molar-refractivity contribution is 5.22. The maximum atomic E-state index is 13.0. The Hall–Kier alpha value is -1.75. The lowest BCUT2D eigenvalue weighted by Crippen LogP contribution is -2.02. The summed E-state index contributed by atoms with van der Waals surface area (Å²) in [5, 5.41) is 13.8. The Balaban J connectivity index is 2.14. The minimum absolute atomic E-state index is 0.318. The summed E-state index contributed by atoms with van der Waals surface area (Å²) in [6, 6.07) is 3.40. The first-order chi connectivity index (χ1) is 8.06. The zero-order valence-corrected chi connectivity index (χ0v) is 9.27. The van der Waals surface area contributed by atoms with Gasteiger partial charge in [0.05, 0.1) is 12.3 Å². The lowest BCUT2D eigenvalue weighted by Gasteiger charge is -2.09. The van der Waals surface area contributed by atoms with E-state index in [-0.39, 0.29) is 0 Å². The summed E-state index contributed by atoms with van der Waals surface area (Å²) in [6.45, 7) is 0. The van der Waals surface area contributed by atoms with Crippen LogP contribution in [-0.4, -0.2) is 14.9 Å². The molecule has 1 atom stereocenters. The van der Waals surface area contributed by atoms with Crippen LogP contribution in [0.1, 0.15) is 17.2 Å². The predicted molar refractivity (Wildman–Crippen MR) is 58.2 cm³/mol. The van der Waals surface area contributed by atoms with Crippen molar-refractivity contribution in [3.05, 3.63) is 53.4 Å². The average Bonchev–Trinajstić information content (AvgIpc) is 2.68. The Morgan fingerprint density at radius 3 is 2.71 bits per heavy atom. The Morgan fingerprint density at radius 2 is 2.12 bits per heavy atom. The lowest BCUT2D eigenvalue weighted by molar-refractivity contribution is 0.178. The van der Waals surface area contributed by atoms with Gasteiger partial charge in [0.25, 0.3) is 0 Å². The van der Waals surface area contributed by atoms with Crippen molar-refractivity contribution in [1.29, 1.82) is 0 Å². The fraction of sp³-hybridized carbons (Fsp3) is 0.250. The van der Waals surface area contributed by atoms with Crippen LogP contribution in [0.2, 0.25) is 0 Å². The normalized spacial score (nSPS) is 12.7. The molecule has 0 radical (unpaired) electrons. The number of hydrogen-bond donors (Lipinski definition) is 1. The number of aliphatic hydroxyl groups excluding tert-OH is 1. The molecule has 3 nitrogen and oxygen atoms in total. The van der Waals surface area contributed by atoms with Crippen molar-refractivity contribution in [2.75, 3.05) is 0 Å². The van der Waals surface area contributed by atoms with Gasteiger partial charge in [-0.3, -0.25) is 4.68 Å². The molecule has 17 heavy (non-hydrogen) atoms. The third kappa shape index (κ3) is 2.68. The SMILES string of the molecule is Cn1cc(CC(O)c2ccc(F)c(F)c2)cn1.